The smallest absolute Gasteiger partial charge is 0.240 e. The minimum absolute atomic E-state index is 0.1000. The number of rotatable bonds is 6. The van der Waals surface area contributed by atoms with Crippen LogP contribution in [0.1, 0.15) is 39.3 Å². The van der Waals surface area contributed by atoms with Gasteiger partial charge < -0.3 is 10.1 Å². The van der Waals surface area contributed by atoms with E-state index < -0.39 is 4.32 Å². The van der Waals surface area contributed by atoms with E-state index in [9.17, 15) is 4.79 Å². The van der Waals surface area contributed by atoms with E-state index in [1.165, 1.54) is 0 Å². The lowest BCUT2D eigenvalue weighted by atomic mass is 10.2. The molecule has 1 amide bonds. The van der Waals surface area contributed by atoms with Crippen LogP contribution in [-0.4, -0.2) is 21.8 Å². The first-order valence-corrected chi connectivity index (χ1v) is 7.24. The van der Waals surface area contributed by atoms with E-state index in [-0.39, 0.29) is 5.91 Å². The number of alkyl halides is 1. The predicted molar refractivity (Wildman–Crippen MR) is 81.0 cm³/mol. The van der Waals surface area contributed by atoms with E-state index >= 15 is 0 Å². The zero-order valence-corrected chi connectivity index (χ0v) is 13.5. The molecule has 0 saturated carbocycles. The lowest BCUT2D eigenvalue weighted by molar-refractivity contribution is -0.117. The highest BCUT2D eigenvalue weighted by molar-refractivity contribution is 9.10. The fourth-order valence-corrected chi connectivity index (χ4v) is 1.44. The molecule has 0 bridgehead atoms. The maximum absolute atomic E-state index is 11.9. The van der Waals surface area contributed by atoms with Gasteiger partial charge in [0.1, 0.15) is 0 Å². The number of amides is 1. The summed E-state index contributed by atoms with van der Waals surface area (Å²) in [6.45, 7) is 8.23. The van der Waals surface area contributed by atoms with Crippen LogP contribution < -0.4 is 10.1 Å². The van der Waals surface area contributed by atoms with E-state index in [2.05, 4.69) is 33.2 Å². The Kier molecular flexibility index (Phi) is 5.79. The van der Waals surface area contributed by atoms with Gasteiger partial charge in [0.05, 0.1) is 22.3 Å². The summed E-state index contributed by atoms with van der Waals surface area (Å²) in [6, 6.07) is 3.60. The van der Waals surface area contributed by atoms with Crippen molar-refractivity contribution in [3.63, 3.8) is 0 Å². The Bertz CT molecular complexity index is 442. The molecule has 1 aromatic rings. The van der Waals surface area contributed by atoms with Gasteiger partial charge in [-0.25, -0.2) is 4.98 Å². The second-order valence-corrected chi connectivity index (χ2v) is 6.89. The maximum Gasteiger partial charge on any atom is 0.240 e. The van der Waals surface area contributed by atoms with Crippen molar-refractivity contribution in [2.45, 2.75) is 44.9 Å². The fourth-order valence-electron chi connectivity index (χ4n) is 1.34. The first-order valence-electron chi connectivity index (χ1n) is 6.45. The molecule has 0 saturated heterocycles. The number of unbranched alkanes of at least 4 members (excludes halogenated alkanes) is 1. The van der Waals surface area contributed by atoms with Crippen molar-refractivity contribution in [1.82, 2.24) is 4.98 Å². The van der Waals surface area contributed by atoms with E-state index in [4.69, 9.17) is 4.74 Å². The van der Waals surface area contributed by atoms with Crippen molar-refractivity contribution in [2.75, 3.05) is 11.9 Å². The minimum Gasteiger partial charge on any atom is -0.478 e. The van der Waals surface area contributed by atoms with Crippen LogP contribution in [-0.2, 0) is 4.79 Å². The third-order valence-electron chi connectivity index (χ3n) is 2.60. The van der Waals surface area contributed by atoms with Gasteiger partial charge in [-0.05, 0) is 33.3 Å². The second-order valence-electron chi connectivity index (χ2n) is 4.91. The molecule has 0 spiro atoms. The lowest BCUT2D eigenvalue weighted by Crippen LogP contribution is -2.31. The molecule has 0 unspecified atom stereocenters. The Hall–Kier alpha value is -1.10. The average molecular weight is 329 g/mol. The van der Waals surface area contributed by atoms with Crippen molar-refractivity contribution in [2.24, 2.45) is 0 Å². The summed E-state index contributed by atoms with van der Waals surface area (Å²) in [5.41, 5.74) is 1.46. The van der Waals surface area contributed by atoms with E-state index in [0.29, 0.717) is 18.2 Å². The normalized spacial score (nSPS) is 11.2. The molecule has 0 aromatic carbocycles. The Morgan fingerprint density at radius 3 is 2.68 bits per heavy atom. The minimum atomic E-state index is -0.601. The molecule has 1 aromatic heterocycles. The lowest BCUT2D eigenvalue weighted by Gasteiger charge is -2.17. The third kappa shape index (κ3) is 5.19. The van der Waals surface area contributed by atoms with Gasteiger partial charge in [-0.1, -0.05) is 29.3 Å². The summed E-state index contributed by atoms with van der Waals surface area (Å²) in [4.78, 5) is 16.2. The predicted octanol–water partition coefficient (Wildman–Crippen LogP) is 3.68. The van der Waals surface area contributed by atoms with Gasteiger partial charge in [0.25, 0.3) is 0 Å². The molecule has 5 heteroatoms. The molecule has 0 fully saturated rings. The fraction of sp³-hybridized carbons (Fsp3) is 0.571. The van der Waals surface area contributed by atoms with Crippen molar-refractivity contribution >= 4 is 27.5 Å². The summed E-state index contributed by atoms with van der Waals surface area (Å²) < 4.78 is 4.92. The van der Waals surface area contributed by atoms with E-state index in [0.717, 1.165) is 18.5 Å². The molecule has 0 aliphatic rings. The van der Waals surface area contributed by atoms with E-state index in [1.807, 2.05) is 13.0 Å². The summed E-state index contributed by atoms with van der Waals surface area (Å²) in [6.07, 6.45) is 2.10. The Morgan fingerprint density at radius 1 is 1.47 bits per heavy atom. The highest BCUT2D eigenvalue weighted by atomic mass is 79.9. The van der Waals surface area contributed by atoms with Crippen LogP contribution in [0.2, 0.25) is 0 Å². The number of pyridine rings is 1. The van der Waals surface area contributed by atoms with Crippen LogP contribution in [0.25, 0.3) is 0 Å². The number of nitrogens with one attached hydrogen (secondary N) is 1. The molecule has 1 N–H and O–H groups in total. The van der Waals surface area contributed by atoms with Crippen molar-refractivity contribution in [3.05, 3.63) is 17.8 Å². The number of nitrogens with zero attached hydrogens (tertiary/aromatic N) is 1. The van der Waals surface area contributed by atoms with Crippen molar-refractivity contribution < 1.29 is 9.53 Å². The van der Waals surface area contributed by atoms with Gasteiger partial charge >= 0.3 is 0 Å². The Labute approximate surface area is 123 Å². The molecule has 0 aliphatic heterocycles. The van der Waals surface area contributed by atoms with Crippen molar-refractivity contribution in [1.29, 1.82) is 0 Å². The number of halogens is 1. The second kappa shape index (κ2) is 6.89. The highest BCUT2D eigenvalue weighted by Gasteiger charge is 2.24. The van der Waals surface area contributed by atoms with Crippen LogP contribution in [0.4, 0.5) is 5.69 Å². The number of hydrogen-bond donors (Lipinski definition) is 1. The topological polar surface area (TPSA) is 51.2 Å². The van der Waals surface area contributed by atoms with Gasteiger partial charge in [-0.2, -0.15) is 0 Å². The number of aromatic nitrogens is 1. The van der Waals surface area contributed by atoms with Crippen LogP contribution in [0.15, 0.2) is 12.1 Å². The quantitative estimate of drug-likeness (QED) is 0.640. The Morgan fingerprint density at radius 2 is 2.16 bits per heavy atom. The standard InChI is InChI=1S/C14H21BrN2O2/c1-5-6-9-19-12-8-7-11(10(2)16-12)17-13(18)14(3,4)15/h7-8H,5-6,9H2,1-4H3,(H,17,18). The largest absolute Gasteiger partial charge is 0.478 e. The monoisotopic (exact) mass is 328 g/mol. The summed E-state index contributed by atoms with van der Waals surface area (Å²) in [5.74, 6) is 0.499. The molecule has 1 heterocycles. The number of aryl methyl sites for hydroxylation is 1. The zero-order valence-electron chi connectivity index (χ0n) is 11.9. The maximum atomic E-state index is 11.9. The number of hydrogen-bond acceptors (Lipinski definition) is 3. The van der Waals surface area contributed by atoms with Gasteiger partial charge in [0.2, 0.25) is 11.8 Å². The molecular weight excluding hydrogens is 308 g/mol. The number of carbonyl (C=O) groups excluding carboxylic acids is 1. The zero-order chi connectivity index (χ0) is 14.5. The van der Waals surface area contributed by atoms with E-state index in [1.54, 1.807) is 19.9 Å². The number of ether oxygens (including phenoxy) is 1. The van der Waals surface area contributed by atoms with Gasteiger partial charge in [-0.15, -0.1) is 0 Å². The molecule has 1 rings (SSSR count). The van der Waals surface area contributed by atoms with Crippen molar-refractivity contribution in [3.8, 4) is 5.88 Å². The van der Waals surface area contributed by atoms with Crippen LogP contribution >= 0.6 is 15.9 Å². The summed E-state index contributed by atoms with van der Waals surface area (Å²) >= 11 is 3.33. The first kappa shape index (κ1) is 16.0. The first-order chi connectivity index (χ1) is 8.84. The average Bonchev–Trinajstić information content (AvgIpc) is 2.31. The molecular formula is C14H21BrN2O2. The Balaban J connectivity index is 2.69. The molecule has 4 nitrogen and oxygen atoms in total. The highest BCUT2D eigenvalue weighted by Crippen LogP contribution is 2.22. The van der Waals surface area contributed by atoms with Crippen LogP contribution in [0.5, 0.6) is 5.88 Å². The molecule has 19 heavy (non-hydrogen) atoms. The molecule has 0 atom stereocenters. The van der Waals surface area contributed by atoms with Gasteiger partial charge in [0.15, 0.2) is 0 Å². The number of carbonyl (C=O) groups is 1. The molecule has 0 aliphatic carbocycles. The summed E-state index contributed by atoms with van der Waals surface area (Å²) in [7, 11) is 0. The summed E-state index contributed by atoms with van der Waals surface area (Å²) in [5, 5.41) is 2.84. The molecule has 106 valence electrons. The SMILES string of the molecule is CCCCOc1ccc(NC(=O)C(C)(C)Br)c(C)n1. The van der Waals surface area contributed by atoms with Crippen LogP contribution in [0, 0.1) is 6.92 Å². The molecule has 0 radical (unpaired) electrons. The van der Waals surface area contributed by atoms with Gasteiger partial charge in [0, 0.05) is 6.07 Å². The third-order valence-corrected chi connectivity index (χ3v) is 2.96. The number of anilines is 1. The van der Waals surface area contributed by atoms with Crippen LogP contribution in [0.3, 0.4) is 0 Å². The van der Waals surface area contributed by atoms with Gasteiger partial charge in [-0.3, -0.25) is 4.79 Å².